The lowest BCUT2D eigenvalue weighted by Gasteiger charge is -2.24. The average Bonchev–Trinajstić information content (AvgIpc) is 3.14. The Morgan fingerprint density at radius 2 is 1.96 bits per heavy atom. The number of hydrogen-bond acceptors (Lipinski definition) is 4. The fraction of sp³-hybridized carbons (Fsp3) is 0.579. The molecular formula is C19H29N3O3. The van der Waals surface area contributed by atoms with Crippen LogP contribution in [-0.4, -0.2) is 60.6 Å². The number of rotatable bonds is 8. The summed E-state index contributed by atoms with van der Waals surface area (Å²) in [6, 6.07) is 9.14. The van der Waals surface area contributed by atoms with Crippen LogP contribution in [0.1, 0.15) is 32.3 Å². The predicted octanol–water partition coefficient (Wildman–Crippen LogP) is 2.25. The molecule has 1 saturated heterocycles. The minimum atomic E-state index is -0.417. The molecule has 1 aromatic carbocycles. The second-order valence-electron chi connectivity index (χ2n) is 6.21. The number of likely N-dealkylation sites (tertiary alicyclic amines) is 1. The summed E-state index contributed by atoms with van der Waals surface area (Å²) in [5, 5.41) is 2.95. The van der Waals surface area contributed by atoms with Gasteiger partial charge in [0.25, 0.3) is 0 Å². The number of likely N-dealkylation sites (N-methyl/N-ethyl adjacent to an activating group) is 1. The maximum absolute atomic E-state index is 12.4. The summed E-state index contributed by atoms with van der Waals surface area (Å²) in [7, 11) is 0. The smallest absolute Gasteiger partial charge is 0.410 e. The minimum absolute atomic E-state index is 0.0821. The van der Waals surface area contributed by atoms with Gasteiger partial charge in [-0.15, -0.1) is 0 Å². The molecule has 1 heterocycles. The van der Waals surface area contributed by atoms with Gasteiger partial charge in [0.15, 0.2) is 0 Å². The first kappa shape index (κ1) is 19.2. The zero-order valence-corrected chi connectivity index (χ0v) is 15.2. The van der Waals surface area contributed by atoms with Crippen molar-refractivity contribution >= 4 is 12.0 Å². The molecule has 6 heteroatoms. The molecule has 1 atom stereocenters. The second-order valence-corrected chi connectivity index (χ2v) is 6.21. The summed E-state index contributed by atoms with van der Waals surface area (Å²) in [6.45, 7) is 8.36. The van der Waals surface area contributed by atoms with Crippen molar-refractivity contribution in [3.8, 4) is 0 Å². The maximum atomic E-state index is 12.4. The highest BCUT2D eigenvalue weighted by atomic mass is 16.6. The van der Waals surface area contributed by atoms with Crippen molar-refractivity contribution in [2.24, 2.45) is 0 Å². The van der Waals surface area contributed by atoms with Crippen LogP contribution in [-0.2, 0) is 16.1 Å². The molecule has 1 aliphatic rings. The Hall–Kier alpha value is -2.08. The van der Waals surface area contributed by atoms with Crippen LogP contribution in [0.4, 0.5) is 4.79 Å². The third-order valence-electron chi connectivity index (χ3n) is 4.62. The number of carbonyl (C=O) groups is 2. The lowest BCUT2D eigenvalue weighted by atomic mass is 10.2. The van der Waals surface area contributed by atoms with Gasteiger partial charge < -0.3 is 15.0 Å². The van der Waals surface area contributed by atoms with Crippen LogP contribution >= 0.6 is 0 Å². The number of nitrogens with one attached hydrogen (secondary N) is 1. The van der Waals surface area contributed by atoms with E-state index in [1.165, 1.54) is 0 Å². The second kappa shape index (κ2) is 10.0. The summed E-state index contributed by atoms with van der Waals surface area (Å²) in [4.78, 5) is 28.5. The number of ether oxygens (including phenoxy) is 1. The Morgan fingerprint density at radius 3 is 2.64 bits per heavy atom. The third-order valence-corrected chi connectivity index (χ3v) is 4.62. The zero-order chi connectivity index (χ0) is 18.1. The van der Waals surface area contributed by atoms with E-state index in [-0.39, 0.29) is 12.5 Å². The molecule has 1 aromatic rings. The molecule has 138 valence electrons. The van der Waals surface area contributed by atoms with E-state index in [2.05, 4.69) is 24.1 Å². The Balaban J connectivity index is 1.80. The van der Waals surface area contributed by atoms with E-state index in [1.54, 1.807) is 4.90 Å². The van der Waals surface area contributed by atoms with E-state index in [9.17, 15) is 9.59 Å². The first-order chi connectivity index (χ1) is 12.2. The number of hydrogen-bond donors (Lipinski definition) is 1. The van der Waals surface area contributed by atoms with Gasteiger partial charge in [0.2, 0.25) is 5.91 Å². The number of benzene rings is 1. The van der Waals surface area contributed by atoms with Crippen molar-refractivity contribution in [1.29, 1.82) is 0 Å². The SMILES string of the molecule is CCN(CC)CCNC(=O)C1CCCN1C(=O)OCc1ccccc1. The Labute approximate surface area is 150 Å². The lowest BCUT2D eigenvalue weighted by molar-refractivity contribution is -0.125. The van der Waals surface area contributed by atoms with Gasteiger partial charge >= 0.3 is 6.09 Å². The predicted molar refractivity (Wildman–Crippen MR) is 97.2 cm³/mol. The quantitative estimate of drug-likeness (QED) is 0.783. The monoisotopic (exact) mass is 347 g/mol. The topological polar surface area (TPSA) is 61.9 Å². The highest BCUT2D eigenvalue weighted by Crippen LogP contribution is 2.19. The first-order valence-electron chi connectivity index (χ1n) is 9.13. The molecule has 1 unspecified atom stereocenters. The summed E-state index contributed by atoms with van der Waals surface area (Å²) >= 11 is 0. The Morgan fingerprint density at radius 1 is 1.24 bits per heavy atom. The largest absolute Gasteiger partial charge is 0.445 e. The van der Waals surface area contributed by atoms with Crippen LogP contribution in [0.2, 0.25) is 0 Å². The van der Waals surface area contributed by atoms with Crippen LogP contribution < -0.4 is 5.32 Å². The van der Waals surface area contributed by atoms with Crippen LogP contribution in [0.5, 0.6) is 0 Å². The maximum Gasteiger partial charge on any atom is 0.410 e. The molecule has 25 heavy (non-hydrogen) atoms. The number of carbonyl (C=O) groups excluding carboxylic acids is 2. The van der Waals surface area contributed by atoms with Gasteiger partial charge in [-0.25, -0.2) is 4.79 Å². The van der Waals surface area contributed by atoms with Gasteiger partial charge in [-0.1, -0.05) is 44.2 Å². The normalized spacial score (nSPS) is 16.9. The molecule has 0 aromatic heterocycles. The van der Waals surface area contributed by atoms with E-state index in [1.807, 2.05) is 30.3 Å². The van der Waals surface area contributed by atoms with Crippen molar-refractivity contribution in [1.82, 2.24) is 15.1 Å². The van der Waals surface area contributed by atoms with E-state index < -0.39 is 12.1 Å². The zero-order valence-electron chi connectivity index (χ0n) is 15.2. The van der Waals surface area contributed by atoms with Gasteiger partial charge in [-0.3, -0.25) is 9.69 Å². The van der Waals surface area contributed by atoms with Crippen LogP contribution in [0.25, 0.3) is 0 Å². The summed E-state index contributed by atoms with van der Waals surface area (Å²) in [5.74, 6) is -0.0821. The van der Waals surface area contributed by atoms with Crippen LogP contribution in [0.15, 0.2) is 30.3 Å². The molecule has 1 fully saturated rings. The molecule has 2 rings (SSSR count). The third kappa shape index (κ3) is 5.74. The fourth-order valence-electron chi connectivity index (χ4n) is 3.05. The average molecular weight is 347 g/mol. The van der Waals surface area contributed by atoms with Gasteiger partial charge in [-0.2, -0.15) is 0 Å². The van der Waals surface area contributed by atoms with Crippen molar-refractivity contribution in [2.45, 2.75) is 39.3 Å². The van der Waals surface area contributed by atoms with E-state index in [0.29, 0.717) is 19.5 Å². The first-order valence-corrected chi connectivity index (χ1v) is 9.13. The van der Waals surface area contributed by atoms with Crippen molar-refractivity contribution < 1.29 is 14.3 Å². The highest BCUT2D eigenvalue weighted by molar-refractivity contribution is 5.86. The molecule has 1 N–H and O–H groups in total. The fourth-order valence-corrected chi connectivity index (χ4v) is 3.05. The minimum Gasteiger partial charge on any atom is -0.445 e. The van der Waals surface area contributed by atoms with Gasteiger partial charge in [-0.05, 0) is 31.5 Å². The summed E-state index contributed by atoms with van der Waals surface area (Å²) in [5.41, 5.74) is 0.940. The van der Waals surface area contributed by atoms with Gasteiger partial charge in [0.05, 0.1) is 0 Å². The summed E-state index contributed by atoms with van der Waals surface area (Å²) < 4.78 is 5.37. The van der Waals surface area contributed by atoms with E-state index >= 15 is 0 Å². The Bertz CT molecular complexity index is 546. The molecule has 6 nitrogen and oxygen atoms in total. The molecule has 0 aliphatic carbocycles. The molecular weight excluding hydrogens is 318 g/mol. The van der Waals surface area contributed by atoms with Gasteiger partial charge in [0.1, 0.15) is 12.6 Å². The molecule has 0 saturated carbocycles. The molecule has 0 spiro atoms. The van der Waals surface area contributed by atoms with Gasteiger partial charge in [0, 0.05) is 19.6 Å². The number of amides is 2. The van der Waals surface area contributed by atoms with Crippen LogP contribution in [0, 0.1) is 0 Å². The van der Waals surface area contributed by atoms with Crippen molar-refractivity contribution in [3.63, 3.8) is 0 Å². The molecule has 1 aliphatic heterocycles. The molecule has 2 amide bonds. The van der Waals surface area contributed by atoms with E-state index in [4.69, 9.17) is 4.74 Å². The number of nitrogens with zero attached hydrogens (tertiary/aromatic N) is 2. The highest BCUT2D eigenvalue weighted by Gasteiger charge is 2.34. The standard InChI is InChI=1S/C19H29N3O3/c1-3-21(4-2)14-12-20-18(23)17-11-8-13-22(17)19(24)25-15-16-9-6-5-7-10-16/h5-7,9-10,17H,3-4,8,11-15H2,1-2H3,(H,20,23). The van der Waals surface area contributed by atoms with Crippen LogP contribution in [0.3, 0.4) is 0 Å². The van der Waals surface area contributed by atoms with E-state index in [0.717, 1.165) is 31.6 Å². The molecule has 0 bridgehead atoms. The molecule has 0 radical (unpaired) electrons. The van der Waals surface area contributed by atoms with Crippen molar-refractivity contribution in [2.75, 3.05) is 32.7 Å². The lowest BCUT2D eigenvalue weighted by Crippen LogP contribution is -2.47. The van der Waals surface area contributed by atoms with Crippen molar-refractivity contribution in [3.05, 3.63) is 35.9 Å². The Kier molecular flexibility index (Phi) is 7.73. The summed E-state index contributed by atoms with van der Waals surface area (Å²) in [6.07, 6.45) is 1.11.